The molecule has 0 saturated carbocycles. The number of hydrogen-bond acceptors (Lipinski definition) is 7. The van der Waals surface area contributed by atoms with Crippen molar-refractivity contribution in [3.8, 4) is 11.5 Å². The first-order valence-electron chi connectivity index (χ1n) is 7.76. The van der Waals surface area contributed by atoms with Crippen molar-refractivity contribution in [2.45, 2.75) is 0 Å². The summed E-state index contributed by atoms with van der Waals surface area (Å²) < 4.78 is 22.0. The van der Waals surface area contributed by atoms with E-state index in [0.29, 0.717) is 28.3 Å². The maximum Gasteiger partial charge on any atom is 0.206 e. The van der Waals surface area contributed by atoms with E-state index in [0.717, 1.165) is 0 Å². The molecule has 0 aliphatic heterocycles. The van der Waals surface area contributed by atoms with E-state index < -0.39 is 0 Å². The summed E-state index contributed by atoms with van der Waals surface area (Å²) >= 11 is 0. The molecule has 0 unspecified atom stereocenters. The smallest absolute Gasteiger partial charge is 0.206 e. The normalized spacial score (nSPS) is 11.5. The summed E-state index contributed by atoms with van der Waals surface area (Å²) in [5.74, 6) is 1.19. The van der Waals surface area contributed by atoms with Crippen LogP contribution in [0.3, 0.4) is 0 Å². The number of methoxy groups -OCH3 is 2. The van der Waals surface area contributed by atoms with Gasteiger partial charge in [0, 0.05) is 12.4 Å². The van der Waals surface area contributed by atoms with E-state index in [2.05, 4.69) is 9.98 Å². The number of nitrogens with zero attached hydrogens (tertiary/aromatic N) is 2. The Kier molecular flexibility index (Phi) is 3.89. The molecule has 0 N–H and O–H groups in total. The summed E-state index contributed by atoms with van der Waals surface area (Å²) in [5, 5.41) is 0.895. The first-order valence-corrected chi connectivity index (χ1v) is 7.76. The topological polar surface area (TPSA) is 87.1 Å². The van der Waals surface area contributed by atoms with Gasteiger partial charge in [-0.15, -0.1) is 0 Å². The van der Waals surface area contributed by atoms with Crippen molar-refractivity contribution in [2.24, 2.45) is 4.99 Å². The summed E-state index contributed by atoms with van der Waals surface area (Å²) in [5.41, 5.74) is 0.692. The molecule has 0 saturated heterocycles. The fourth-order valence-electron chi connectivity index (χ4n) is 2.81. The fraction of sp³-hybridized carbons (Fsp3) is 0.105. The number of aromatic nitrogens is 1. The zero-order valence-corrected chi connectivity index (χ0v) is 14.1. The van der Waals surface area contributed by atoms with Crippen LogP contribution < -0.4 is 14.9 Å². The molecule has 0 aliphatic rings. The summed E-state index contributed by atoms with van der Waals surface area (Å²) in [4.78, 5) is 21.3. The lowest BCUT2D eigenvalue weighted by molar-refractivity contribution is 0.400. The quantitative estimate of drug-likeness (QED) is 0.522. The number of furan rings is 1. The number of hydrogen-bond donors (Lipinski definition) is 0. The lowest BCUT2D eigenvalue weighted by atomic mass is 10.1. The predicted octanol–water partition coefficient (Wildman–Crippen LogP) is 3.70. The Bertz CT molecular complexity index is 1180. The van der Waals surface area contributed by atoms with Crippen LogP contribution in [0.4, 0.5) is 5.82 Å². The molecule has 0 aliphatic carbocycles. The van der Waals surface area contributed by atoms with Crippen LogP contribution in [0.15, 0.2) is 61.6 Å². The Labute approximate surface area is 147 Å². The Morgan fingerprint density at radius 2 is 1.92 bits per heavy atom. The maximum absolute atomic E-state index is 13.0. The molecule has 7 nitrogen and oxygen atoms in total. The molecule has 0 radical (unpaired) electrons. The van der Waals surface area contributed by atoms with Gasteiger partial charge in [0.15, 0.2) is 17.0 Å². The molecule has 0 atom stereocenters. The van der Waals surface area contributed by atoms with E-state index in [9.17, 15) is 4.79 Å². The number of fused-ring (bicyclic) bond motifs is 2. The van der Waals surface area contributed by atoms with Gasteiger partial charge in [0.2, 0.25) is 11.2 Å². The van der Waals surface area contributed by atoms with Crippen LogP contribution in [0, 0.1) is 0 Å². The Morgan fingerprint density at radius 1 is 1.08 bits per heavy atom. The van der Waals surface area contributed by atoms with Gasteiger partial charge in [-0.1, -0.05) is 6.07 Å². The van der Waals surface area contributed by atoms with Crippen LogP contribution in [0.1, 0.15) is 5.56 Å². The lowest BCUT2D eigenvalue weighted by Gasteiger charge is -2.10. The highest BCUT2D eigenvalue weighted by Crippen LogP contribution is 2.41. The second-order valence-electron chi connectivity index (χ2n) is 5.40. The number of rotatable bonds is 4. The average Bonchev–Trinajstić information content (AvgIpc) is 3.16. The van der Waals surface area contributed by atoms with E-state index in [1.54, 1.807) is 24.4 Å². The van der Waals surface area contributed by atoms with Gasteiger partial charge in [0.05, 0.1) is 31.4 Å². The highest BCUT2D eigenvalue weighted by molar-refractivity contribution is 6.07. The minimum absolute atomic E-state index is 0.256. The van der Waals surface area contributed by atoms with Gasteiger partial charge in [0.1, 0.15) is 17.4 Å². The molecule has 4 aromatic rings. The van der Waals surface area contributed by atoms with Crippen LogP contribution in [-0.2, 0) is 0 Å². The molecule has 0 bridgehead atoms. The summed E-state index contributed by atoms with van der Waals surface area (Å²) in [6.07, 6.45) is 5.87. The molecule has 0 amide bonds. The van der Waals surface area contributed by atoms with E-state index in [1.807, 2.05) is 6.07 Å². The highest BCUT2D eigenvalue weighted by atomic mass is 16.5. The Balaban J connectivity index is 1.99. The molecule has 0 spiro atoms. The Morgan fingerprint density at radius 3 is 2.65 bits per heavy atom. The van der Waals surface area contributed by atoms with Crippen LogP contribution in [0.2, 0.25) is 0 Å². The van der Waals surface area contributed by atoms with Gasteiger partial charge in [-0.05, 0) is 18.2 Å². The molecule has 130 valence electrons. The van der Waals surface area contributed by atoms with E-state index >= 15 is 0 Å². The molecule has 4 rings (SSSR count). The number of pyridine rings is 1. The van der Waals surface area contributed by atoms with E-state index in [1.165, 1.54) is 33.0 Å². The van der Waals surface area contributed by atoms with Crippen molar-refractivity contribution >= 4 is 34.0 Å². The minimum atomic E-state index is -0.288. The molecule has 0 fully saturated rings. The molecule has 3 heterocycles. The van der Waals surface area contributed by atoms with Crippen LogP contribution in [0.5, 0.6) is 11.5 Å². The predicted molar refractivity (Wildman–Crippen MR) is 96.9 cm³/mol. The van der Waals surface area contributed by atoms with Crippen LogP contribution in [-0.4, -0.2) is 25.4 Å². The van der Waals surface area contributed by atoms with Gasteiger partial charge < -0.3 is 18.3 Å². The lowest BCUT2D eigenvalue weighted by Crippen LogP contribution is -2.10. The second-order valence-corrected chi connectivity index (χ2v) is 5.40. The summed E-state index contributed by atoms with van der Waals surface area (Å²) in [7, 11) is 2.97. The van der Waals surface area contributed by atoms with Gasteiger partial charge in [-0.25, -0.2) is 9.98 Å². The third kappa shape index (κ3) is 2.41. The third-order valence-electron chi connectivity index (χ3n) is 3.96. The average molecular weight is 350 g/mol. The minimum Gasteiger partial charge on any atom is -0.495 e. The number of benzene rings is 1. The second kappa shape index (κ2) is 6.36. The molecular formula is C19H14N2O5. The van der Waals surface area contributed by atoms with E-state index in [4.69, 9.17) is 18.3 Å². The van der Waals surface area contributed by atoms with Gasteiger partial charge in [-0.2, -0.15) is 0 Å². The molecule has 3 aromatic heterocycles. The SMILES string of the molecule is COc1c2occc2c(OC)c2c(=O)c(/C=N/c3ccccn3)coc12. The van der Waals surface area contributed by atoms with Gasteiger partial charge in [-0.3, -0.25) is 4.79 Å². The summed E-state index contributed by atoms with van der Waals surface area (Å²) in [6, 6.07) is 7.05. The standard InChI is InChI=1S/C19H14N2O5/c1-23-16-12-6-8-25-17(12)19(24-2)18-14(16)15(22)11(10-26-18)9-21-13-5-3-4-7-20-13/h3-10H,1-2H3/b21-9+. The van der Waals surface area contributed by atoms with Crippen LogP contribution >= 0.6 is 0 Å². The van der Waals surface area contributed by atoms with Crippen molar-refractivity contribution in [1.29, 1.82) is 0 Å². The molecular weight excluding hydrogens is 336 g/mol. The monoisotopic (exact) mass is 350 g/mol. The largest absolute Gasteiger partial charge is 0.495 e. The molecule has 7 heteroatoms. The zero-order valence-electron chi connectivity index (χ0n) is 14.1. The van der Waals surface area contributed by atoms with Gasteiger partial charge >= 0.3 is 0 Å². The van der Waals surface area contributed by atoms with Crippen molar-refractivity contribution in [1.82, 2.24) is 4.98 Å². The maximum atomic E-state index is 13.0. The number of ether oxygens (including phenoxy) is 2. The van der Waals surface area contributed by atoms with Gasteiger partial charge in [0.25, 0.3) is 0 Å². The Hall–Kier alpha value is -3.61. The van der Waals surface area contributed by atoms with E-state index in [-0.39, 0.29) is 22.0 Å². The molecule has 26 heavy (non-hydrogen) atoms. The van der Waals surface area contributed by atoms with Crippen molar-refractivity contribution < 1.29 is 18.3 Å². The van der Waals surface area contributed by atoms with Crippen LogP contribution in [0.25, 0.3) is 21.9 Å². The fourth-order valence-corrected chi connectivity index (χ4v) is 2.81. The van der Waals surface area contributed by atoms with Crippen molar-refractivity contribution in [3.63, 3.8) is 0 Å². The third-order valence-corrected chi connectivity index (χ3v) is 3.96. The first-order chi connectivity index (χ1) is 12.7. The molecule has 1 aromatic carbocycles. The van der Waals surface area contributed by atoms with Crippen molar-refractivity contribution in [2.75, 3.05) is 14.2 Å². The van der Waals surface area contributed by atoms with Crippen molar-refractivity contribution in [3.05, 3.63) is 58.8 Å². The zero-order chi connectivity index (χ0) is 18.1. The highest BCUT2D eigenvalue weighted by Gasteiger charge is 2.22. The number of aliphatic imine (C=N–C) groups is 1. The first kappa shape index (κ1) is 15.9. The summed E-state index contributed by atoms with van der Waals surface area (Å²) in [6.45, 7) is 0.